The van der Waals surface area contributed by atoms with Crippen molar-refractivity contribution < 1.29 is 24.6 Å². The topological polar surface area (TPSA) is 107 Å². The van der Waals surface area contributed by atoms with Gasteiger partial charge in [-0.2, -0.15) is 0 Å². The van der Waals surface area contributed by atoms with E-state index >= 15 is 0 Å². The van der Waals surface area contributed by atoms with Crippen LogP contribution in [0.5, 0.6) is 0 Å². The van der Waals surface area contributed by atoms with Gasteiger partial charge in [0.2, 0.25) is 5.91 Å². The van der Waals surface area contributed by atoms with Crippen LogP contribution in [0.4, 0.5) is 0 Å². The molecule has 0 aliphatic carbocycles. The van der Waals surface area contributed by atoms with Crippen molar-refractivity contribution in [3.8, 4) is 0 Å². The van der Waals surface area contributed by atoms with E-state index in [0.29, 0.717) is 25.8 Å². The zero-order chi connectivity index (χ0) is 21.0. The first-order valence-corrected chi connectivity index (χ1v) is 11.6. The summed E-state index contributed by atoms with van der Waals surface area (Å²) in [6, 6.07) is 7.05. The van der Waals surface area contributed by atoms with Gasteiger partial charge in [0.15, 0.2) is 0 Å². The molecule has 2 fully saturated rings. The number of rotatable bonds is 8. The smallest absolute Gasteiger partial charge is 0.326 e. The Kier molecular flexibility index (Phi) is 7.13. The molecule has 0 radical (unpaired) electrons. The Morgan fingerprint density at radius 1 is 1.24 bits per heavy atom. The van der Waals surface area contributed by atoms with Crippen LogP contribution in [0.15, 0.2) is 30.3 Å². The highest BCUT2D eigenvalue weighted by Gasteiger charge is 2.52. The Morgan fingerprint density at radius 2 is 1.90 bits per heavy atom. The Labute approximate surface area is 178 Å². The highest BCUT2D eigenvalue weighted by Crippen LogP contribution is 2.51. The fourth-order valence-corrected chi connectivity index (χ4v) is 7.11. The maximum Gasteiger partial charge on any atom is 0.326 e. The maximum atomic E-state index is 13.0. The Balaban J connectivity index is 1.64. The molecule has 29 heavy (non-hydrogen) atoms. The Morgan fingerprint density at radius 3 is 2.48 bits per heavy atom. The molecule has 1 aromatic rings. The van der Waals surface area contributed by atoms with E-state index in [0.717, 1.165) is 17.1 Å². The summed E-state index contributed by atoms with van der Waals surface area (Å²) < 4.78 is -0.252. The SMILES string of the molecule is C[C@H](N[C@@H](CCc1ccccc1)C(=O)O)C(=O)N1CC2(C[C@H]1C(=O)O)S[14CH2][14CH2]S2. The summed E-state index contributed by atoms with van der Waals surface area (Å²) in [6.07, 6.45) is 1.34. The van der Waals surface area contributed by atoms with Crippen molar-refractivity contribution in [2.75, 3.05) is 18.1 Å². The lowest BCUT2D eigenvalue weighted by atomic mass is 10.0. The summed E-state index contributed by atoms with van der Waals surface area (Å²) in [5.74, 6) is -0.473. The molecular formula is C20H26N2O5S2. The summed E-state index contributed by atoms with van der Waals surface area (Å²) in [5, 5.41) is 22.1. The lowest BCUT2D eigenvalue weighted by molar-refractivity contribution is -0.149. The number of likely N-dealkylation sites (tertiary alicyclic amines) is 1. The molecular weight excluding hydrogens is 416 g/mol. The van der Waals surface area contributed by atoms with Crippen molar-refractivity contribution in [2.24, 2.45) is 0 Å². The van der Waals surface area contributed by atoms with Gasteiger partial charge in [-0.15, -0.1) is 23.5 Å². The van der Waals surface area contributed by atoms with E-state index in [4.69, 9.17) is 0 Å². The Bertz CT molecular complexity index is 754. The van der Waals surface area contributed by atoms with Gasteiger partial charge in [-0.05, 0) is 25.3 Å². The van der Waals surface area contributed by atoms with Gasteiger partial charge in [0, 0.05) is 24.5 Å². The number of nitrogens with zero attached hydrogens (tertiary/aromatic N) is 1. The van der Waals surface area contributed by atoms with E-state index in [2.05, 4.69) is 5.32 Å². The summed E-state index contributed by atoms with van der Waals surface area (Å²) >= 11 is 3.44. The van der Waals surface area contributed by atoms with Gasteiger partial charge in [0.25, 0.3) is 0 Å². The first-order chi connectivity index (χ1) is 13.8. The van der Waals surface area contributed by atoms with Gasteiger partial charge >= 0.3 is 11.9 Å². The number of hydrogen-bond acceptors (Lipinski definition) is 6. The summed E-state index contributed by atoms with van der Waals surface area (Å²) in [4.78, 5) is 37.9. The maximum absolute atomic E-state index is 13.0. The highest BCUT2D eigenvalue weighted by molar-refractivity contribution is 8.21. The Hall–Kier alpha value is -1.71. The normalized spacial score (nSPS) is 22.5. The molecule has 7 nitrogen and oxygen atoms in total. The van der Waals surface area contributed by atoms with Crippen molar-refractivity contribution in [1.29, 1.82) is 0 Å². The lowest BCUT2D eigenvalue weighted by Crippen LogP contribution is -2.53. The van der Waals surface area contributed by atoms with Gasteiger partial charge in [0.1, 0.15) is 12.1 Å². The van der Waals surface area contributed by atoms with Crippen LogP contribution in [0, 0.1) is 0 Å². The van der Waals surface area contributed by atoms with Crippen molar-refractivity contribution in [2.45, 2.75) is 48.4 Å². The molecule has 0 bridgehead atoms. The minimum Gasteiger partial charge on any atom is -0.480 e. The third-order valence-corrected chi connectivity index (χ3v) is 8.78. The molecule has 3 rings (SSSR count). The number of carbonyl (C=O) groups is 3. The number of nitrogens with one attached hydrogen (secondary N) is 1. The fraction of sp³-hybridized carbons (Fsp3) is 0.550. The third kappa shape index (κ3) is 5.26. The van der Waals surface area contributed by atoms with E-state index in [1.807, 2.05) is 30.3 Å². The first-order valence-electron chi connectivity index (χ1n) is 9.65. The fourth-order valence-electron chi connectivity index (χ4n) is 3.85. The van der Waals surface area contributed by atoms with Gasteiger partial charge in [-0.25, -0.2) is 4.79 Å². The number of aryl methyl sites for hydroxylation is 1. The van der Waals surface area contributed by atoms with Gasteiger partial charge in [0.05, 0.1) is 10.1 Å². The standard InChI is InChI=1S/C20H26N2O5S2/c1-13(21-15(18(24)25)8-7-14-5-3-2-4-6-14)17(23)22-12-20(28-9-10-29-20)11-16(22)19(26)27/h2-6,13,15-16,21H,7-12H2,1H3,(H,24,25)(H,26,27)/t13-,15-,16-/m0/s1/i9+2,10+2. The molecule has 1 amide bonds. The molecule has 0 saturated carbocycles. The monoisotopic (exact) mass is 442 g/mol. The van der Waals surface area contributed by atoms with Crippen LogP contribution in [0.2, 0.25) is 0 Å². The van der Waals surface area contributed by atoms with Crippen LogP contribution < -0.4 is 5.32 Å². The van der Waals surface area contributed by atoms with Gasteiger partial charge < -0.3 is 15.1 Å². The van der Waals surface area contributed by atoms with E-state index in [1.54, 1.807) is 30.4 Å². The molecule has 0 aromatic heterocycles. The van der Waals surface area contributed by atoms with Crippen molar-refractivity contribution in [3.05, 3.63) is 35.9 Å². The molecule has 3 N–H and O–H groups in total. The minimum atomic E-state index is -1.02. The van der Waals surface area contributed by atoms with Crippen molar-refractivity contribution >= 4 is 41.4 Å². The molecule has 2 heterocycles. The molecule has 2 aliphatic rings. The van der Waals surface area contributed by atoms with E-state index in [1.165, 1.54) is 4.90 Å². The van der Waals surface area contributed by atoms with Crippen LogP contribution >= 0.6 is 23.5 Å². The van der Waals surface area contributed by atoms with Crippen LogP contribution in [0.3, 0.4) is 0 Å². The molecule has 9 heteroatoms. The van der Waals surface area contributed by atoms with Gasteiger partial charge in [-0.1, -0.05) is 30.3 Å². The average Bonchev–Trinajstić information content (AvgIpc) is 3.32. The second-order valence-electron chi connectivity index (χ2n) is 7.44. The van der Waals surface area contributed by atoms with Crippen molar-refractivity contribution in [1.82, 2.24) is 10.2 Å². The lowest BCUT2D eigenvalue weighted by Gasteiger charge is -2.28. The van der Waals surface area contributed by atoms with E-state index in [-0.39, 0.29) is 9.99 Å². The predicted molar refractivity (Wildman–Crippen MR) is 114 cm³/mol. The van der Waals surface area contributed by atoms with Crippen LogP contribution in [-0.4, -0.2) is 73.2 Å². The molecule has 158 valence electrons. The molecule has 2 aliphatic heterocycles. The summed E-state index contributed by atoms with van der Waals surface area (Å²) in [6.45, 7) is 1.99. The first kappa shape index (κ1) is 22.0. The van der Waals surface area contributed by atoms with Crippen LogP contribution in [0.25, 0.3) is 0 Å². The molecule has 2 saturated heterocycles. The van der Waals surface area contributed by atoms with Crippen LogP contribution in [-0.2, 0) is 20.8 Å². The van der Waals surface area contributed by atoms with E-state index < -0.39 is 30.1 Å². The molecule has 0 unspecified atom stereocenters. The number of benzene rings is 1. The van der Waals surface area contributed by atoms with Gasteiger partial charge in [-0.3, -0.25) is 14.9 Å². The molecule has 1 spiro atoms. The quantitative estimate of drug-likeness (QED) is 0.561. The zero-order valence-electron chi connectivity index (χ0n) is 16.2. The van der Waals surface area contributed by atoms with Crippen LogP contribution in [0.1, 0.15) is 25.3 Å². The second kappa shape index (κ2) is 9.40. The predicted octanol–water partition coefficient (Wildman–Crippen LogP) is 1.91. The minimum absolute atomic E-state index is 0.252. The molecule has 1 aromatic carbocycles. The van der Waals surface area contributed by atoms with Crippen molar-refractivity contribution in [3.63, 3.8) is 0 Å². The van der Waals surface area contributed by atoms with E-state index in [9.17, 15) is 24.6 Å². The molecule has 3 atom stereocenters. The number of amides is 1. The highest BCUT2D eigenvalue weighted by atomic mass is 32.2. The number of hydrogen-bond donors (Lipinski definition) is 3. The number of thioether (sulfide) groups is 2. The average molecular weight is 443 g/mol. The summed E-state index contributed by atoms with van der Waals surface area (Å²) in [5.41, 5.74) is 1.03. The number of aliphatic carboxylic acids is 2. The number of carbonyl (C=O) groups excluding carboxylic acids is 1. The largest absolute Gasteiger partial charge is 0.480 e. The third-order valence-electron chi connectivity index (χ3n) is 5.36. The summed E-state index contributed by atoms with van der Waals surface area (Å²) in [7, 11) is 0. The second-order valence-corrected chi connectivity index (χ2v) is 10.7. The number of carboxylic acid groups (broad SMARTS) is 2. The zero-order valence-corrected chi connectivity index (χ0v) is 17.9. The number of carboxylic acids is 2.